The molecule has 1 aliphatic carbocycles. The van der Waals surface area contributed by atoms with Gasteiger partial charge in [0, 0.05) is 23.2 Å². The van der Waals surface area contributed by atoms with E-state index in [2.05, 4.69) is 25.5 Å². The molecule has 198 valence electrons. The summed E-state index contributed by atoms with van der Waals surface area (Å²) in [5.41, 5.74) is 7.56. The van der Waals surface area contributed by atoms with Crippen molar-refractivity contribution in [3.05, 3.63) is 78.9 Å². The highest BCUT2D eigenvalue weighted by Crippen LogP contribution is 2.32. The number of benzene rings is 2. The minimum atomic E-state index is -0.282. The van der Waals surface area contributed by atoms with Crippen molar-refractivity contribution >= 4 is 33.7 Å². The number of para-hydroxylation sites is 1. The monoisotopic (exact) mass is 531 g/mol. The molecule has 0 saturated heterocycles. The highest BCUT2D eigenvalue weighted by molar-refractivity contribution is 5.96. The van der Waals surface area contributed by atoms with Gasteiger partial charge in [-0.15, -0.1) is 0 Å². The van der Waals surface area contributed by atoms with Gasteiger partial charge < -0.3 is 10.3 Å². The standard InChI is InChI=1S/C31H26FN7O/c32-21-11-9-18(10-12-21)23-7-4-8-25-27(23)37-30(36-25)29-28-26(38-39-29)14-13-24(35-28)20-15-22(17-33-16-20)34-31(40)19-5-2-1-3-6-19/h4,7-17,19H,1-3,5-6H2,(H,34,40)(H,36,37)(H,38,39). The molecule has 0 aliphatic heterocycles. The Morgan fingerprint density at radius 1 is 0.875 bits per heavy atom. The van der Waals surface area contributed by atoms with E-state index in [-0.39, 0.29) is 17.6 Å². The van der Waals surface area contributed by atoms with Gasteiger partial charge in [-0.1, -0.05) is 43.5 Å². The maximum absolute atomic E-state index is 13.5. The molecular weight excluding hydrogens is 505 g/mol. The first-order chi connectivity index (χ1) is 19.6. The molecule has 1 amide bonds. The fourth-order valence-electron chi connectivity index (χ4n) is 5.49. The first-order valence-corrected chi connectivity index (χ1v) is 13.5. The normalized spacial score (nSPS) is 14.1. The lowest BCUT2D eigenvalue weighted by Crippen LogP contribution is -2.24. The Labute approximate surface area is 229 Å². The number of aromatic amines is 2. The van der Waals surface area contributed by atoms with Gasteiger partial charge in [-0.2, -0.15) is 5.10 Å². The number of carbonyl (C=O) groups is 1. The fraction of sp³-hybridized carbons (Fsp3) is 0.194. The molecule has 6 aromatic rings. The van der Waals surface area contributed by atoms with Crippen LogP contribution in [0.25, 0.3) is 56.0 Å². The van der Waals surface area contributed by atoms with Crippen molar-refractivity contribution in [3.8, 4) is 33.9 Å². The minimum Gasteiger partial charge on any atom is -0.336 e. The molecule has 0 unspecified atom stereocenters. The molecule has 1 aliphatic rings. The van der Waals surface area contributed by atoms with Gasteiger partial charge in [0.15, 0.2) is 11.5 Å². The van der Waals surface area contributed by atoms with Gasteiger partial charge in [-0.25, -0.2) is 14.4 Å². The number of aromatic nitrogens is 6. The van der Waals surface area contributed by atoms with E-state index in [0.29, 0.717) is 28.4 Å². The van der Waals surface area contributed by atoms with Gasteiger partial charge in [0.25, 0.3) is 0 Å². The van der Waals surface area contributed by atoms with Crippen molar-refractivity contribution in [2.24, 2.45) is 5.92 Å². The summed E-state index contributed by atoms with van der Waals surface area (Å²) in [6.07, 6.45) is 8.69. The SMILES string of the molecule is O=C(Nc1cncc(-c2ccc3[nH]nc(-c4nc5c(-c6ccc(F)cc6)cccc5[nH]4)c3n2)c1)C1CCCCC1. The Morgan fingerprint density at radius 2 is 1.73 bits per heavy atom. The van der Waals surface area contributed by atoms with Crippen LogP contribution in [0.5, 0.6) is 0 Å². The van der Waals surface area contributed by atoms with Crippen LogP contribution in [0.2, 0.25) is 0 Å². The molecule has 4 heterocycles. The molecule has 9 heteroatoms. The third kappa shape index (κ3) is 4.49. The highest BCUT2D eigenvalue weighted by atomic mass is 19.1. The zero-order valence-corrected chi connectivity index (χ0v) is 21.6. The molecule has 1 saturated carbocycles. The van der Waals surface area contributed by atoms with E-state index in [9.17, 15) is 9.18 Å². The Bertz CT molecular complexity index is 1850. The molecule has 1 fully saturated rings. The number of carbonyl (C=O) groups excluding carboxylic acids is 1. The molecule has 0 radical (unpaired) electrons. The van der Waals surface area contributed by atoms with Gasteiger partial charge in [-0.3, -0.25) is 14.9 Å². The first-order valence-electron chi connectivity index (χ1n) is 13.5. The summed E-state index contributed by atoms with van der Waals surface area (Å²) in [7, 11) is 0. The minimum absolute atomic E-state index is 0.0593. The smallest absolute Gasteiger partial charge is 0.227 e. The first kappa shape index (κ1) is 24.1. The van der Waals surface area contributed by atoms with Crippen molar-refractivity contribution in [1.29, 1.82) is 0 Å². The van der Waals surface area contributed by atoms with Gasteiger partial charge in [0.1, 0.15) is 11.3 Å². The number of H-pyrrole nitrogens is 2. The molecular formula is C31H26FN7O. The quantitative estimate of drug-likeness (QED) is 0.224. The molecule has 40 heavy (non-hydrogen) atoms. The average molecular weight is 532 g/mol. The second-order valence-corrected chi connectivity index (χ2v) is 10.2. The summed E-state index contributed by atoms with van der Waals surface area (Å²) in [4.78, 5) is 30.3. The van der Waals surface area contributed by atoms with E-state index >= 15 is 0 Å². The van der Waals surface area contributed by atoms with Crippen LogP contribution in [-0.2, 0) is 4.79 Å². The second-order valence-electron chi connectivity index (χ2n) is 10.2. The highest BCUT2D eigenvalue weighted by Gasteiger charge is 2.21. The zero-order valence-electron chi connectivity index (χ0n) is 21.6. The Hall–Kier alpha value is -4.92. The number of fused-ring (bicyclic) bond motifs is 2. The zero-order chi connectivity index (χ0) is 27.1. The molecule has 0 bridgehead atoms. The third-order valence-corrected chi connectivity index (χ3v) is 7.58. The van der Waals surface area contributed by atoms with Crippen molar-refractivity contribution < 1.29 is 9.18 Å². The number of imidazole rings is 1. The Kier molecular flexibility index (Phi) is 6.03. The number of amides is 1. The van der Waals surface area contributed by atoms with Crippen LogP contribution in [0, 0.1) is 11.7 Å². The summed E-state index contributed by atoms with van der Waals surface area (Å²) in [6, 6.07) is 18.0. The lowest BCUT2D eigenvalue weighted by atomic mass is 9.88. The topological polar surface area (TPSA) is 112 Å². The summed E-state index contributed by atoms with van der Waals surface area (Å²) in [6.45, 7) is 0. The van der Waals surface area contributed by atoms with Gasteiger partial charge in [0.05, 0.1) is 34.1 Å². The van der Waals surface area contributed by atoms with Crippen LogP contribution in [0.15, 0.2) is 73.1 Å². The van der Waals surface area contributed by atoms with E-state index < -0.39 is 0 Å². The van der Waals surface area contributed by atoms with Crippen LogP contribution >= 0.6 is 0 Å². The Balaban J connectivity index is 1.22. The largest absolute Gasteiger partial charge is 0.336 e. The molecule has 4 aromatic heterocycles. The van der Waals surface area contributed by atoms with E-state index in [1.54, 1.807) is 24.5 Å². The van der Waals surface area contributed by atoms with Crippen LogP contribution in [0.4, 0.5) is 10.1 Å². The predicted octanol–water partition coefficient (Wildman–Crippen LogP) is 6.89. The second kappa shape index (κ2) is 10.00. The molecule has 2 aromatic carbocycles. The lowest BCUT2D eigenvalue weighted by Gasteiger charge is -2.20. The van der Waals surface area contributed by atoms with Crippen LogP contribution in [0.1, 0.15) is 32.1 Å². The number of pyridine rings is 2. The maximum Gasteiger partial charge on any atom is 0.227 e. The number of nitrogens with one attached hydrogen (secondary N) is 3. The number of hydrogen-bond acceptors (Lipinski definition) is 5. The molecule has 7 rings (SSSR count). The Morgan fingerprint density at radius 3 is 2.58 bits per heavy atom. The number of halogens is 1. The number of rotatable bonds is 5. The van der Waals surface area contributed by atoms with E-state index in [0.717, 1.165) is 58.9 Å². The molecule has 0 spiro atoms. The van der Waals surface area contributed by atoms with Crippen molar-refractivity contribution in [2.45, 2.75) is 32.1 Å². The van der Waals surface area contributed by atoms with Crippen molar-refractivity contribution in [1.82, 2.24) is 30.1 Å². The fourth-order valence-corrected chi connectivity index (χ4v) is 5.49. The van der Waals surface area contributed by atoms with Crippen LogP contribution in [0.3, 0.4) is 0 Å². The lowest BCUT2D eigenvalue weighted by molar-refractivity contribution is -0.120. The summed E-state index contributed by atoms with van der Waals surface area (Å²) < 4.78 is 13.5. The van der Waals surface area contributed by atoms with Crippen LogP contribution < -0.4 is 5.32 Å². The maximum atomic E-state index is 13.5. The number of anilines is 1. The van der Waals surface area contributed by atoms with Gasteiger partial charge in [-0.05, 0) is 54.8 Å². The van der Waals surface area contributed by atoms with E-state index in [1.807, 2.05) is 36.4 Å². The number of nitrogens with zero attached hydrogens (tertiary/aromatic N) is 4. The summed E-state index contributed by atoms with van der Waals surface area (Å²) in [5, 5.41) is 10.6. The third-order valence-electron chi connectivity index (χ3n) is 7.58. The average Bonchev–Trinajstić information content (AvgIpc) is 3.62. The summed E-state index contributed by atoms with van der Waals surface area (Å²) in [5.74, 6) is 0.416. The summed E-state index contributed by atoms with van der Waals surface area (Å²) >= 11 is 0. The van der Waals surface area contributed by atoms with Gasteiger partial charge >= 0.3 is 0 Å². The predicted molar refractivity (Wildman–Crippen MR) is 153 cm³/mol. The van der Waals surface area contributed by atoms with Crippen molar-refractivity contribution in [3.63, 3.8) is 0 Å². The molecule has 0 atom stereocenters. The molecule has 3 N–H and O–H groups in total. The number of hydrogen-bond donors (Lipinski definition) is 3. The van der Waals surface area contributed by atoms with E-state index in [4.69, 9.17) is 9.97 Å². The van der Waals surface area contributed by atoms with E-state index in [1.165, 1.54) is 18.6 Å². The van der Waals surface area contributed by atoms with Gasteiger partial charge in [0.2, 0.25) is 5.91 Å². The van der Waals surface area contributed by atoms with Crippen LogP contribution in [-0.4, -0.2) is 36.0 Å². The van der Waals surface area contributed by atoms with Crippen molar-refractivity contribution in [2.75, 3.05) is 5.32 Å². The molecule has 8 nitrogen and oxygen atoms in total.